The Morgan fingerprint density at radius 1 is 0.708 bits per heavy atom. The quantitative estimate of drug-likeness (QED) is 0.325. The molecule has 0 saturated carbocycles. The number of aromatic nitrogens is 1. The van der Waals surface area contributed by atoms with Crippen LogP contribution >= 0.6 is 0 Å². The van der Waals surface area contributed by atoms with Crippen molar-refractivity contribution in [2.75, 3.05) is 0 Å². The van der Waals surface area contributed by atoms with Crippen LogP contribution in [0, 0.1) is 0 Å². The topological polar surface area (TPSA) is 4.93 Å². The largest absolute Gasteiger partial charge is 0.343 e. The molecule has 0 N–H and O–H groups in total. The fourth-order valence-corrected chi connectivity index (χ4v) is 4.01. The summed E-state index contributed by atoms with van der Waals surface area (Å²) in [6.07, 6.45) is 1.07. The first-order chi connectivity index (χ1) is 11.8. The zero-order valence-electron chi connectivity index (χ0n) is 14.0. The van der Waals surface area contributed by atoms with E-state index in [1.807, 2.05) is 0 Å². The maximum atomic E-state index is 2.35. The van der Waals surface area contributed by atoms with Crippen molar-refractivity contribution in [2.45, 2.75) is 13.3 Å². The minimum Gasteiger partial charge on any atom is -0.343 e. The van der Waals surface area contributed by atoms with E-state index in [0.29, 0.717) is 0 Å². The summed E-state index contributed by atoms with van der Waals surface area (Å²) in [6, 6.07) is 24.7. The molecule has 1 heteroatoms. The molecule has 0 amide bonds. The molecule has 0 radical (unpaired) electrons. The summed E-state index contributed by atoms with van der Waals surface area (Å²) >= 11 is 0. The summed E-state index contributed by atoms with van der Waals surface area (Å²) in [6.45, 7) is 2.22. The molecule has 0 fully saturated rings. The van der Waals surface area contributed by atoms with Gasteiger partial charge in [-0.05, 0) is 52.4 Å². The number of benzene rings is 4. The normalized spacial score (nSPS) is 11.9. The van der Waals surface area contributed by atoms with E-state index in [1.165, 1.54) is 48.9 Å². The van der Waals surface area contributed by atoms with Crippen LogP contribution in [0.5, 0.6) is 0 Å². The number of aryl methyl sites for hydroxylation is 2. The molecule has 0 spiro atoms. The van der Waals surface area contributed by atoms with Crippen molar-refractivity contribution >= 4 is 43.4 Å². The molecule has 4 aromatic carbocycles. The van der Waals surface area contributed by atoms with Crippen molar-refractivity contribution in [2.24, 2.45) is 7.05 Å². The van der Waals surface area contributed by atoms with Crippen molar-refractivity contribution < 1.29 is 0 Å². The summed E-state index contributed by atoms with van der Waals surface area (Å²) in [4.78, 5) is 0. The third kappa shape index (κ3) is 1.75. The Morgan fingerprint density at radius 3 is 2.29 bits per heavy atom. The van der Waals surface area contributed by atoms with Crippen molar-refractivity contribution in [1.82, 2.24) is 4.57 Å². The zero-order valence-corrected chi connectivity index (χ0v) is 14.0. The number of rotatable bonds is 1. The highest BCUT2D eigenvalue weighted by atomic mass is 14.9. The van der Waals surface area contributed by atoms with Crippen LogP contribution < -0.4 is 0 Å². The highest BCUT2D eigenvalue weighted by Crippen LogP contribution is 2.35. The molecule has 1 heterocycles. The Labute approximate surface area is 141 Å². The Kier molecular flexibility index (Phi) is 2.75. The van der Waals surface area contributed by atoms with Crippen LogP contribution in [0.15, 0.2) is 66.7 Å². The average molecular weight is 309 g/mol. The monoisotopic (exact) mass is 309 g/mol. The summed E-state index contributed by atoms with van der Waals surface area (Å²) in [5, 5.41) is 7.96. The first-order valence-corrected chi connectivity index (χ1v) is 8.59. The lowest BCUT2D eigenvalue weighted by Crippen LogP contribution is -1.88. The molecule has 0 unspecified atom stereocenters. The summed E-state index contributed by atoms with van der Waals surface area (Å²) < 4.78 is 2.35. The number of nitrogens with zero attached hydrogens (tertiary/aromatic N) is 1. The van der Waals surface area contributed by atoms with Gasteiger partial charge in [-0.3, -0.25) is 0 Å². The molecule has 0 aliphatic carbocycles. The maximum Gasteiger partial charge on any atom is 0.0568 e. The van der Waals surface area contributed by atoms with Crippen molar-refractivity contribution in [3.8, 4) is 0 Å². The van der Waals surface area contributed by atoms with E-state index in [9.17, 15) is 0 Å². The molecule has 0 aliphatic heterocycles. The van der Waals surface area contributed by atoms with Crippen molar-refractivity contribution in [3.05, 3.63) is 72.3 Å². The van der Waals surface area contributed by atoms with Gasteiger partial charge in [0.05, 0.1) is 5.52 Å². The third-order valence-electron chi connectivity index (χ3n) is 5.31. The van der Waals surface area contributed by atoms with E-state index in [2.05, 4.69) is 85.3 Å². The van der Waals surface area contributed by atoms with E-state index < -0.39 is 0 Å². The molecular weight excluding hydrogens is 290 g/mol. The van der Waals surface area contributed by atoms with Gasteiger partial charge in [0.2, 0.25) is 0 Å². The molecule has 5 aromatic rings. The van der Waals surface area contributed by atoms with Gasteiger partial charge in [0, 0.05) is 28.7 Å². The highest BCUT2D eigenvalue weighted by molar-refractivity contribution is 6.19. The molecule has 116 valence electrons. The SMILES string of the molecule is CCc1ccc2c(c1)c1ccc3cc4ccccc4cc3c1n2C. The number of hydrogen-bond acceptors (Lipinski definition) is 0. The van der Waals surface area contributed by atoms with Crippen molar-refractivity contribution in [1.29, 1.82) is 0 Å². The fraction of sp³-hybridized carbons (Fsp3) is 0.130. The van der Waals surface area contributed by atoms with Gasteiger partial charge >= 0.3 is 0 Å². The molecule has 24 heavy (non-hydrogen) atoms. The van der Waals surface area contributed by atoms with Gasteiger partial charge in [-0.1, -0.05) is 49.4 Å². The lowest BCUT2D eigenvalue weighted by atomic mass is 10.0. The van der Waals surface area contributed by atoms with Gasteiger partial charge in [-0.15, -0.1) is 0 Å². The number of hydrogen-bond donors (Lipinski definition) is 0. The van der Waals surface area contributed by atoms with Crippen LogP contribution in [0.25, 0.3) is 43.4 Å². The molecule has 0 bridgehead atoms. The minimum atomic E-state index is 1.07. The second-order valence-corrected chi connectivity index (χ2v) is 6.65. The van der Waals surface area contributed by atoms with Gasteiger partial charge in [0.1, 0.15) is 0 Å². The lowest BCUT2D eigenvalue weighted by Gasteiger charge is -2.06. The van der Waals surface area contributed by atoms with Gasteiger partial charge in [-0.25, -0.2) is 0 Å². The van der Waals surface area contributed by atoms with Crippen LogP contribution in [-0.2, 0) is 13.5 Å². The molecule has 0 aliphatic rings. The maximum absolute atomic E-state index is 2.35. The molecule has 1 aromatic heterocycles. The highest BCUT2D eigenvalue weighted by Gasteiger charge is 2.12. The lowest BCUT2D eigenvalue weighted by molar-refractivity contribution is 1.02. The fourth-order valence-electron chi connectivity index (χ4n) is 4.01. The van der Waals surface area contributed by atoms with Gasteiger partial charge < -0.3 is 4.57 Å². The molecular formula is C23H19N. The standard InChI is InChI=1S/C23H19N/c1-3-15-8-11-22-21(12-15)19-10-9-18-13-16-6-4-5-7-17(16)14-20(18)23(19)24(22)2/h4-14H,3H2,1-2H3. The molecule has 0 atom stereocenters. The van der Waals surface area contributed by atoms with Crippen LogP contribution in [0.4, 0.5) is 0 Å². The van der Waals surface area contributed by atoms with Gasteiger partial charge in [0.15, 0.2) is 0 Å². The summed E-state index contributed by atoms with van der Waals surface area (Å²) in [7, 11) is 2.19. The Hall–Kier alpha value is -2.80. The molecule has 0 saturated heterocycles. The minimum absolute atomic E-state index is 1.07. The Balaban J connectivity index is 2.01. The van der Waals surface area contributed by atoms with Crippen LogP contribution in [0.1, 0.15) is 12.5 Å². The van der Waals surface area contributed by atoms with Crippen LogP contribution in [-0.4, -0.2) is 4.57 Å². The van der Waals surface area contributed by atoms with E-state index in [-0.39, 0.29) is 0 Å². The predicted octanol–water partition coefficient (Wildman–Crippen LogP) is 6.20. The smallest absolute Gasteiger partial charge is 0.0568 e. The molecule has 1 nitrogen and oxygen atoms in total. The average Bonchev–Trinajstić information content (AvgIpc) is 2.92. The second kappa shape index (κ2) is 4.85. The van der Waals surface area contributed by atoms with E-state index in [4.69, 9.17) is 0 Å². The zero-order chi connectivity index (χ0) is 16.3. The third-order valence-corrected chi connectivity index (χ3v) is 5.31. The molecule has 5 rings (SSSR count). The first-order valence-electron chi connectivity index (χ1n) is 8.59. The second-order valence-electron chi connectivity index (χ2n) is 6.65. The first kappa shape index (κ1) is 13.6. The van der Waals surface area contributed by atoms with Crippen LogP contribution in [0.3, 0.4) is 0 Å². The van der Waals surface area contributed by atoms with Gasteiger partial charge in [-0.2, -0.15) is 0 Å². The predicted molar refractivity (Wildman–Crippen MR) is 105 cm³/mol. The van der Waals surface area contributed by atoms with Crippen LogP contribution in [0.2, 0.25) is 0 Å². The number of fused-ring (bicyclic) bond motifs is 6. The van der Waals surface area contributed by atoms with Gasteiger partial charge in [0.25, 0.3) is 0 Å². The van der Waals surface area contributed by atoms with E-state index >= 15 is 0 Å². The van der Waals surface area contributed by atoms with E-state index in [0.717, 1.165) is 6.42 Å². The summed E-state index contributed by atoms with van der Waals surface area (Å²) in [5.74, 6) is 0. The summed E-state index contributed by atoms with van der Waals surface area (Å²) in [5.41, 5.74) is 4.04. The Bertz CT molecular complexity index is 1240. The van der Waals surface area contributed by atoms with Crippen molar-refractivity contribution in [3.63, 3.8) is 0 Å². The van der Waals surface area contributed by atoms with E-state index in [1.54, 1.807) is 0 Å². The Morgan fingerprint density at radius 2 is 1.50 bits per heavy atom.